The SMILES string of the molecule is Cc1ccn(C2=CC(=O)C(=C(N)/C=C\C(=N)CC[C@H]3Cc4cc(F)c(n4I)C3I)CC2)n1. The molecular formula is C23H24FI2N5O. The van der Waals surface area contributed by atoms with Crippen LogP contribution in [0.4, 0.5) is 4.39 Å². The largest absolute Gasteiger partial charge is 0.398 e. The number of halogens is 3. The molecule has 4 rings (SSSR count). The first-order valence-corrected chi connectivity index (χ1v) is 12.7. The fourth-order valence-electron chi connectivity index (χ4n) is 4.19. The zero-order chi connectivity index (χ0) is 23.0. The van der Waals surface area contributed by atoms with Gasteiger partial charge in [-0.3, -0.25) is 7.58 Å². The highest BCUT2D eigenvalue weighted by Gasteiger charge is 2.33. The van der Waals surface area contributed by atoms with Gasteiger partial charge < -0.3 is 11.1 Å². The molecule has 168 valence electrons. The van der Waals surface area contributed by atoms with Gasteiger partial charge in [0.1, 0.15) is 5.82 Å². The van der Waals surface area contributed by atoms with Gasteiger partial charge in [0.2, 0.25) is 0 Å². The minimum atomic E-state index is -0.136. The molecule has 0 saturated carbocycles. The maximum Gasteiger partial charge on any atom is 0.185 e. The summed E-state index contributed by atoms with van der Waals surface area (Å²) in [6.07, 6.45) is 10.2. The Morgan fingerprint density at radius 3 is 2.88 bits per heavy atom. The van der Waals surface area contributed by atoms with Crippen molar-refractivity contribution in [2.75, 3.05) is 0 Å². The Morgan fingerprint density at radius 1 is 1.41 bits per heavy atom. The standard InChI is InChI=1S/C23H24FI2N5O/c1-13-8-9-30(29-13)16-5-6-18(21(32)12-16)20(28)7-4-15(27)3-2-14-10-17-11-19(24)23(22(14)25)31(17)26/h4,7-9,11-12,14,22,27H,2-3,5-6,10,28H2,1H3/b7-4-,20-18?,27-15?/t14-,22?/m0/s1. The molecule has 3 N–H and O–H groups in total. The van der Waals surface area contributed by atoms with Gasteiger partial charge in [-0.05, 0) is 69.2 Å². The summed E-state index contributed by atoms with van der Waals surface area (Å²) >= 11 is 4.47. The number of nitrogens with two attached hydrogens (primary N) is 1. The van der Waals surface area contributed by atoms with Crippen LogP contribution in [0.15, 0.2) is 47.8 Å². The second-order valence-corrected chi connectivity index (χ2v) is 10.6. The molecule has 1 unspecified atom stereocenters. The van der Waals surface area contributed by atoms with Crippen LogP contribution < -0.4 is 5.73 Å². The van der Waals surface area contributed by atoms with E-state index in [0.29, 0.717) is 42.2 Å². The van der Waals surface area contributed by atoms with Crippen LogP contribution in [0.1, 0.15) is 46.7 Å². The average Bonchev–Trinajstić information content (AvgIpc) is 3.27. The van der Waals surface area contributed by atoms with Crippen molar-refractivity contribution in [3.05, 3.63) is 70.7 Å². The maximum atomic E-state index is 14.1. The first kappa shape index (κ1) is 23.4. The predicted octanol–water partition coefficient (Wildman–Crippen LogP) is 5.45. The molecule has 9 heteroatoms. The average molecular weight is 659 g/mol. The highest BCUT2D eigenvalue weighted by Crippen LogP contribution is 2.44. The minimum absolute atomic E-state index is 0.0929. The fourth-order valence-corrected chi connectivity index (χ4v) is 6.78. The van der Waals surface area contributed by atoms with Crippen molar-refractivity contribution in [3.8, 4) is 0 Å². The number of ketones is 1. The van der Waals surface area contributed by atoms with E-state index < -0.39 is 0 Å². The molecule has 3 heterocycles. The van der Waals surface area contributed by atoms with Gasteiger partial charge in [0.15, 0.2) is 5.78 Å². The van der Waals surface area contributed by atoms with Crippen molar-refractivity contribution in [3.63, 3.8) is 0 Å². The molecule has 2 aromatic rings. The highest BCUT2D eigenvalue weighted by atomic mass is 127. The van der Waals surface area contributed by atoms with E-state index in [9.17, 15) is 9.18 Å². The quantitative estimate of drug-likeness (QED) is 0.187. The van der Waals surface area contributed by atoms with Gasteiger partial charge in [-0.25, -0.2) is 9.07 Å². The van der Waals surface area contributed by atoms with Crippen LogP contribution in [0.25, 0.3) is 5.70 Å². The Labute approximate surface area is 214 Å². The number of hydrogen-bond acceptors (Lipinski definition) is 4. The molecule has 0 aromatic carbocycles. The number of carbonyl (C=O) groups is 1. The van der Waals surface area contributed by atoms with Crippen molar-refractivity contribution in [2.24, 2.45) is 11.7 Å². The number of rotatable bonds is 6. The number of nitrogens with one attached hydrogen (secondary N) is 1. The van der Waals surface area contributed by atoms with Crippen LogP contribution in [0.5, 0.6) is 0 Å². The number of fused-ring (bicyclic) bond motifs is 2. The first-order chi connectivity index (χ1) is 15.2. The zero-order valence-corrected chi connectivity index (χ0v) is 21.9. The summed E-state index contributed by atoms with van der Waals surface area (Å²) in [5.74, 6) is 0.0585. The lowest BCUT2D eigenvalue weighted by molar-refractivity contribution is -0.111. The summed E-state index contributed by atoms with van der Waals surface area (Å²) < 4.78 is 17.9. The van der Waals surface area contributed by atoms with E-state index >= 15 is 0 Å². The predicted molar refractivity (Wildman–Crippen MR) is 141 cm³/mol. The molecule has 32 heavy (non-hydrogen) atoms. The van der Waals surface area contributed by atoms with Crippen LogP contribution in [0.2, 0.25) is 0 Å². The molecule has 0 amide bonds. The van der Waals surface area contributed by atoms with Crippen molar-refractivity contribution in [1.29, 1.82) is 5.41 Å². The van der Waals surface area contributed by atoms with Gasteiger partial charge >= 0.3 is 0 Å². The van der Waals surface area contributed by atoms with Crippen LogP contribution in [-0.4, -0.2) is 24.1 Å². The van der Waals surface area contributed by atoms with Crippen molar-refractivity contribution < 1.29 is 9.18 Å². The molecule has 1 aliphatic heterocycles. The molecule has 0 saturated heterocycles. The highest BCUT2D eigenvalue weighted by molar-refractivity contribution is 14.1. The lowest BCUT2D eigenvalue weighted by Gasteiger charge is -2.27. The van der Waals surface area contributed by atoms with Gasteiger partial charge in [-0.15, -0.1) is 0 Å². The van der Waals surface area contributed by atoms with E-state index in [4.69, 9.17) is 11.1 Å². The molecule has 2 aromatic heterocycles. The smallest absolute Gasteiger partial charge is 0.185 e. The van der Waals surface area contributed by atoms with Gasteiger partial charge in [0.05, 0.1) is 38.2 Å². The Bertz CT molecular complexity index is 1170. The maximum absolute atomic E-state index is 14.1. The summed E-state index contributed by atoms with van der Waals surface area (Å²) in [5, 5.41) is 12.6. The molecule has 0 radical (unpaired) electrons. The normalized spacial score (nSPS) is 22.4. The third-order valence-corrected chi connectivity index (χ3v) is 8.73. The molecule has 2 atom stereocenters. The fraction of sp³-hybridized carbons (Fsp3) is 0.348. The number of aromatic nitrogens is 3. The van der Waals surface area contributed by atoms with Crippen LogP contribution in [0.3, 0.4) is 0 Å². The number of alkyl halides is 1. The molecule has 2 bridgehead atoms. The molecule has 2 aliphatic rings. The number of carbonyl (C=O) groups excluding carboxylic acids is 1. The van der Waals surface area contributed by atoms with Gasteiger partial charge in [0.25, 0.3) is 0 Å². The second-order valence-electron chi connectivity index (χ2n) is 8.25. The van der Waals surface area contributed by atoms with E-state index in [1.807, 2.05) is 22.0 Å². The number of nitrogens with zero attached hydrogens (tertiary/aromatic N) is 3. The first-order valence-electron chi connectivity index (χ1n) is 10.5. The molecule has 1 aliphatic carbocycles. The van der Waals surface area contributed by atoms with E-state index in [1.165, 1.54) is 0 Å². The topological polar surface area (TPSA) is 89.7 Å². The summed E-state index contributed by atoms with van der Waals surface area (Å²) in [5.41, 5.74) is 11.1. The van der Waals surface area contributed by atoms with Crippen LogP contribution in [-0.2, 0) is 11.2 Å². The molecule has 6 nitrogen and oxygen atoms in total. The van der Waals surface area contributed by atoms with E-state index in [-0.39, 0.29) is 15.5 Å². The monoisotopic (exact) mass is 659 g/mol. The Morgan fingerprint density at radius 2 is 2.19 bits per heavy atom. The summed E-state index contributed by atoms with van der Waals surface area (Å²) in [7, 11) is 0. The summed E-state index contributed by atoms with van der Waals surface area (Å²) in [4.78, 5) is 12.6. The van der Waals surface area contributed by atoms with Crippen molar-refractivity contribution in [2.45, 2.75) is 43.0 Å². The molecule has 0 spiro atoms. The summed E-state index contributed by atoms with van der Waals surface area (Å²) in [6.45, 7) is 1.91. The van der Waals surface area contributed by atoms with Gasteiger partial charge in [0, 0.05) is 40.6 Å². The molecular weight excluding hydrogens is 635 g/mol. The van der Waals surface area contributed by atoms with E-state index in [1.54, 1.807) is 29.0 Å². The minimum Gasteiger partial charge on any atom is -0.398 e. The number of allylic oxidation sites excluding steroid dienone is 5. The van der Waals surface area contributed by atoms with E-state index in [0.717, 1.165) is 35.6 Å². The summed E-state index contributed by atoms with van der Waals surface area (Å²) in [6, 6.07) is 3.53. The molecule has 0 fully saturated rings. The Balaban J connectivity index is 1.35. The third-order valence-electron chi connectivity index (χ3n) is 5.99. The van der Waals surface area contributed by atoms with Crippen molar-refractivity contribution >= 4 is 62.6 Å². The van der Waals surface area contributed by atoms with Crippen molar-refractivity contribution in [1.82, 2.24) is 12.6 Å². The van der Waals surface area contributed by atoms with E-state index in [2.05, 4.69) is 50.6 Å². The van der Waals surface area contributed by atoms with Gasteiger partial charge in [-0.1, -0.05) is 22.6 Å². The Hall–Kier alpha value is -1.76. The zero-order valence-electron chi connectivity index (χ0n) is 17.6. The lowest BCUT2D eigenvalue weighted by atomic mass is 9.91. The Kier molecular flexibility index (Phi) is 7.03. The number of hydrogen-bond donors (Lipinski definition) is 2. The lowest BCUT2D eigenvalue weighted by Crippen LogP contribution is -2.20. The second kappa shape index (κ2) is 9.62. The van der Waals surface area contributed by atoms with Crippen LogP contribution >= 0.6 is 45.5 Å². The third kappa shape index (κ3) is 4.78. The number of aryl methyl sites for hydroxylation is 1. The van der Waals surface area contributed by atoms with Gasteiger partial charge in [-0.2, -0.15) is 5.10 Å². The van der Waals surface area contributed by atoms with Crippen LogP contribution in [0, 0.1) is 24.1 Å².